The van der Waals surface area contributed by atoms with Gasteiger partial charge in [0.25, 0.3) is 0 Å². The van der Waals surface area contributed by atoms with E-state index in [1.54, 1.807) is 0 Å². The molecule has 0 bridgehead atoms. The predicted molar refractivity (Wildman–Crippen MR) is 80.2 cm³/mol. The predicted octanol–water partition coefficient (Wildman–Crippen LogP) is 3.09. The first kappa shape index (κ1) is 13.1. The molecule has 1 heterocycles. The number of hydrogen-bond donors (Lipinski definition) is 2. The summed E-state index contributed by atoms with van der Waals surface area (Å²) in [4.78, 5) is 12.4. The van der Waals surface area contributed by atoms with Crippen LogP contribution < -0.4 is 10.6 Å². The molecule has 4 heteroatoms. The van der Waals surface area contributed by atoms with Gasteiger partial charge in [-0.2, -0.15) is 0 Å². The highest BCUT2D eigenvalue weighted by atomic mass is 79.9. The number of hydrogen-bond acceptors (Lipinski definition) is 2. The van der Waals surface area contributed by atoms with Gasteiger partial charge in [-0.15, -0.1) is 0 Å². The van der Waals surface area contributed by atoms with Crippen LogP contribution in [0.2, 0.25) is 0 Å². The minimum Gasteiger partial charge on any atom is -0.325 e. The Morgan fingerprint density at radius 2 is 2.16 bits per heavy atom. The van der Waals surface area contributed by atoms with Crippen LogP contribution >= 0.6 is 15.9 Å². The van der Waals surface area contributed by atoms with Crippen molar-refractivity contribution in [2.24, 2.45) is 11.3 Å². The SMILES string of the molecule is Cc1ccc(Br)c(NC(=O)C2CC23CCNCC3)c1. The molecule has 19 heavy (non-hydrogen) atoms. The standard InChI is InChI=1S/C15H19BrN2O/c1-10-2-3-12(16)13(8-10)18-14(19)11-9-15(11)4-6-17-7-5-15/h2-3,8,11,17H,4-7,9H2,1H3,(H,18,19). The van der Waals surface area contributed by atoms with E-state index in [0.29, 0.717) is 5.41 Å². The summed E-state index contributed by atoms with van der Waals surface area (Å²) in [6, 6.07) is 6.03. The van der Waals surface area contributed by atoms with E-state index in [2.05, 4.69) is 26.6 Å². The van der Waals surface area contributed by atoms with Gasteiger partial charge in [0, 0.05) is 10.4 Å². The largest absolute Gasteiger partial charge is 0.325 e. The summed E-state index contributed by atoms with van der Waals surface area (Å²) in [7, 11) is 0. The van der Waals surface area contributed by atoms with Gasteiger partial charge < -0.3 is 10.6 Å². The number of nitrogens with one attached hydrogen (secondary N) is 2. The zero-order valence-corrected chi connectivity index (χ0v) is 12.7. The molecule has 1 saturated carbocycles. The van der Waals surface area contributed by atoms with E-state index in [0.717, 1.165) is 48.1 Å². The fraction of sp³-hybridized carbons (Fsp3) is 0.533. The van der Waals surface area contributed by atoms with Gasteiger partial charge in [0.15, 0.2) is 0 Å². The summed E-state index contributed by atoms with van der Waals surface area (Å²) in [5, 5.41) is 6.45. The molecule has 102 valence electrons. The Hall–Kier alpha value is -0.870. The third-order valence-corrected chi connectivity index (χ3v) is 5.18. The molecular formula is C15H19BrN2O. The van der Waals surface area contributed by atoms with E-state index < -0.39 is 0 Å². The number of carbonyl (C=O) groups excluding carboxylic acids is 1. The third kappa shape index (κ3) is 2.56. The first-order chi connectivity index (χ1) is 9.11. The van der Waals surface area contributed by atoms with Gasteiger partial charge >= 0.3 is 0 Å². The van der Waals surface area contributed by atoms with Crippen molar-refractivity contribution in [1.29, 1.82) is 0 Å². The molecule has 2 N–H and O–H groups in total. The highest BCUT2D eigenvalue weighted by molar-refractivity contribution is 9.10. The average molecular weight is 323 g/mol. The van der Waals surface area contributed by atoms with E-state index in [4.69, 9.17) is 0 Å². The van der Waals surface area contributed by atoms with Crippen molar-refractivity contribution in [2.45, 2.75) is 26.2 Å². The Morgan fingerprint density at radius 3 is 2.89 bits per heavy atom. The van der Waals surface area contributed by atoms with Gasteiger partial charge in [-0.05, 0) is 78.3 Å². The van der Waals surface area contributed by atoms with Crippen molar-refractivity contribution in [2.75, 3.05) is 18.4 Å². The Balaban J connectivity index is 1.68. The lowest BCUT2D eigenvalue weighted by atomic mass is 9.92. The van der Waals surface area contributed by atoms with Gasteiger partial charge in [-0.25, -0.2) is 0 Å². The molecule has 1 unspecified atom stereocenters. The van der Waals surface area contributed by atoms with Gasteiger partial charge in [-0.3, -0.25) is 4.79 Å². The average Bonchev–Trinajstić information content (AvgIpc) is 3.08. The third-order valence-electron chi connectivity index (χ3n) is 4.49. The zero-order valence-electron chi connectivity index (χ0n) is 11.1. The molecule has 1 amide bonds. The minimum atomic E-state index is 0.188. The molecule has 1 aliphatic carbocycles. The highest BCUT2D eigenvalue weighted by Crippen LogP contribution is 2.58. The summed E-state index contributed by atoms with van der Waals surface area (Å²) in [5.41, 5.74) is 2.35. The van der Waals surface area contributed by atoms with Crippen LogP contribution in [-0.4, -0.2) is 19.0 Å². The Kier molecular flexibility index (Phi) is 3.39. The van der Waals surface area contributed by atoms with Crippen molar-refractivity contribution in [3.63, 3.8) is 0 Å². The number of amides is 1. The van der Waals surface area contributed by atoms with Gasteiger partial charge in [0.05, 0.1) is 5.69 Å². The Morgan fingerprint density at radius 1 is 1.42 bits per heavy atom. The molecule has 1 spiro atoms. The zero-order chi connectivity index (χ0) is 13.5. The lowest BCUT2D eigenvalue weighted by Gasteiger charge is -2.23. The van der Waals surface area contributed by atoms with E-state index in [9.17, 15) is 4.79 Å². The molecular weight excluding hydrogens is 304 g/mol. The number of anilines is 1. The van der Waals surface area contributed by atoms with Crippen molar-refractivity contribution >= 4 is 27.5 Å². The van der Waals surface area contributed by atoms with E-state index >= 15 is 0 Å². The van der Waals surface area contributed by atoms with Gasteiger partial charge in [0.2, 0.25) is 5.91 Å². The minimum absolute atomic E-state index is 0.188. The molecule has 1 aromatic rings. The first-order valence-electron chi connectivity index (χ1n) is 6.88. The number of aryl methyl sites for hydroxylation is 1. The van der Waals surface area contributed by atoms with Crippen LogP contribution in [0.3, 0.4) is 0 Å². The van der Waals surface area contributed by atoms with Crippen LogP contribution in [-0.2, 0) is 4.79 Å². The van der Waals surface area contributed by atoms with Crippen LogP contribution in [0.4, 0.5) is 5.69 Å². The quantitative estimate of drug-likeness (QED) is 0.878. The van der Waals surface area contributed by atoms with Crippen LogP contribution in [0.25, 0.3) is 0 Å². The molecule has 3 nitrogen and oxygen atoms in total. The molecule has 1 aliphatic heterocycles. The van der Waals surface area contributed by atoms with Crippen LogP contribution in [0.5, 0.6) is 0 Å². The first-order valence-corrected chi connectivity index (χ1v) is 7.68. The molecule has 3 rings (SSSR count). The maximum Gasteiger partial charge on any atom is 0.228 e. The lowest BCUT2D eigenvalue weighted by Crippen LogP contribution is -2.31. The van der Waals surface area contributed by atoms with Gasteiger partial charge in [-0.1, -0.05) is 6.07 Å². The summed E-state index contributed by atoms with van der Waals surface area (Å²) in [6.07, 6.45) is 3.34. The fourth-order valence-corrected chi connectivity index (χ4v) is 3.50. The van der Waals surface area contributed by atoms with Crippen LogP contribution in [0, 0.1) is 18.3 Å². The summed E-state index contributed by atoms with van der Waals surface area (Å²) in [5.74, 6) is 0.398. The number of piperidine rings is 1. The lowest BCUT2D eigenvalue weighted by molar-refractivity contribution is -0.118. The van der Waals surface area contributed by atoms with E-state index in [1.807, 2.05) is 25.1 Å². The van der Waals surface area contributed by atoms with Crippen molar-refractivity contribution in [1.82, 2.24) is 5.32 Å². The van der Waals surface area contributed by atoms with Crippen molar-refractivity contribution < 1.29 is 4.79 Å². The van der Waals surface area contributed by atoms with Crippen LogP contribution in [0.1, 0.15) is 24.8 Å². The molecule has 2 aliphatic rings. The normalized spacial score (nSPS) is 24.2. The molecule has 1 atom stereocenters. The number of benzene rings is 1. The smallest absolute Gasteiger partial charge is 0.228 e. The number of carbonyl (C=O) groups is 1. The van der Waals surface area contributed by atoms with Crippen molar-refractivity contribution in [3.8, 4) is 0 Å². The fourth-order valence-electron chi connectivity index (χ4n) is 3.15. The molecule has 2 fully saturated rings. The van der Waals surface area contributed by atoms with Crippen LogP contribution in [0.15, 0.2) is 22.7 Å². The topological polar surface area (TPSA) is 41.1 Å². The monoisotopic (exact) mass is 322 g/mol. The molecule has 1 aromatic carbocycles. The maximum absolute atomic E-state index is 12.4. The summed E-state index contributed by atoms with van der Waals surface area (Å²) < 4.78 is 0.950. The summed E-state index contributed by atoms with van der Waals surface area (Å²) in [6.45, 7) is 4.14. The molecule has 0 aromatic heterocycles. The second-order valence-electron chi connectivity index (χ2n) is 5.84. The van der Waals surface area contributed by atoms with E-state index in [1.165, 1.54) is 0 Å². The Bertz CT molecular complexity index is 509. The van der Waals surface area contributed by atoms with Gasteiger partial charge in [0.1, 0.15) is 0 Å². The second kappa shape index (κ2) is 4.91. The number of halogens is 1. The second-order valence-corrected chi connectivity index (χ2v) is 6.70. The summed E-state index contributed by atoms with van der Waals surface area (Å²) >= 11 is 3.49. The number of rotatable bonds is 2. The Labute approximate surface area is 122 Å². The molecule has 1 saturated heterocycles. The molecule has 0 radical (unpaired) electrons. The maximum atomic E-state index is 12.4. The van der Waals surface area contributed by atoms with Crippen molar-refractivity contribution in [3.05, 3.63) is 28.2 Å². The highest BCUT2D eigenvalue weighted by Gasteiger charge is 2.57. The van der Waals surface area contributed by atoms with E-state index in [-0.39, 0.29) is 11.8 Å².